The summed E-state index contributed by atoms with van der Waals surface area (Å²) in [6, 6.07) is 11.9. The molecule has 6 nitrogen and oxygen atoms in total. The van der Waals surface area contributed by atoms with Crippen molar-refractivity contribution in [3.05, 3.63) is 48.2 Å². The highest BCUT2D eigenvalue weighted by Crippen LogP contribution is 2.18. The van der Waals surface area contributed by atoms with E-state index in [-0.39, 0.29) is 11.8 Å². The van der Waals surface area contributed by atoms with Gasteiger partial charge in [0.05, 0.1) is 0 Å². The molecule has 0 radical (unpaired) electrons. The standard InChI is InChI=1S/C20H25N5O/c1-3-14(4-2)20(26)23-19-10-9-18(24-25-19)21-12-11-15-13-22-17-8-6-5-7-16(15)17/h5-10,13-14,22H,3-4,11-12H2,1-2H3,(H,21,24)(H,23,25,26). The van der Waals surface area contributed by atoms with Gasteiger partial charge in [0, 0.05) is 29.6 Å². The summed E-state index contributed by atoms with van der Waals surface area (Å²) < 4.78 is 0. The highest BCUT2D eigenvalue weighted by atomic mass is 16.1. The summed E-state index contributed by atoms with van der Waals surface area (Å²) in [5.74, 6) is 1.21. The van der Waals surface area contributed by atoms with Crippen molar-refractivity contribution in [1.29, 1.82) is 0 Å². The smallest absolute Gasteiger partial charge is 0.228 e. The maximum atomic E-state index is 12.1. The van der Waals surface area contributed by atoms with Crippen molar-refractivity contribution >= 4 is 28.4 Å². The molecule has 0 bridgehead atoms. The van der Waals surface area contributed by atoms with Crippen LogP contribution in [0.1, 0.15) is 32.3 Å². The van der Waals surface area contributed by atoms with Gasteiger partial charge >= 0.3 is 0 Å². The number of hydrogen-bond donors (Lipinski definition) is 3. The Bertz CT molecular complexity index is 852. The Kier molecular flexibility index (Phi) is 5.84. The van der Waals surface area contributed by atoms with Gasteiger partial charge in [-0.15, -0.1) is 10.2 Å². The monoisotopic (exact) mass is 351 g/mol. The van der Waals surface area contributed by atoms with Crippen molar-refractivity contribution in [2.24, 2.45) is 5.92 Å². The van der Waals surface area contributed by atoms with E-state index in [1.54, 1.807) is 6.07 Å². The number of carbonyl (C=O) groups is 1. The minimum atomic E-state index is 0.00402. The fraction of sp³-hybridized carbons (Fsp3) is 0.350. The average Bonchev–Trinajstić information content (AvgIpc) is 3.07. The molecule has 0 aliphatic heterocycles. The molecule has 0 saturated heterocycles. The molecule has 6 heteroatoms. The van der Waals surface area contributed by atoms with Gasteiger partial charge in [-0.3, -0.25) is 4.79 Å². The van der Waals surface area contributed by atoms with E-state index in [1.807, 2.05) is 32.0 Å². The molecule has 0 atom stereocenters. The highest BCUT2D eigenvalue weighted by molar-refractivity contribution is 5.91. The Morgan fingerprint density at radius 3 is 2.54 bits per heavy atom. The number of para-hydroxylation sites is 1. The molecular formula is C20H25N5O. The van der Waals surface area contributed by atoms with E-state index in [1.165, 1.54) is 10.9 Å². The van der Waals surface area contributed by atoms with Gasteiger partial charge in [-0.25, -0.2) is 0 Å². The van der Waals surface area contributed by atoms with Gasteiger partial charge in [0.1, 0.15) is 5.82 Å². The van der Waals surface area contributed by atoms with E-state index in [4.69, 9.17) is 0 Å². The van der Waals surface area contributed by atoms with E-state index < -0.39 is 0 Å². The number of benzene rings is 1. The molecule has 2 aromatic heterocycles. The summed E-state index contributed by atoms with van der Waals surface area (Å²) in [7, 11) is 0. The maximum Gasteiger partial charge on any atom is 0.228 e. The minimum Gasteiger partial charge on any atom is -0.368 e. The third-order valence-electron chi connectivity index (χ3n) is 4.65. The third-order valence-corrected chi connectivity index (χ3v) is 4.65. The second-order valence-electron chi connectivity index (χ2n) is 6.34. The maximum absolute atomic E-state index is 12.1. The van der Waals surface area contributed by atoms with Crippen LogP contribution in [-0.2, 0) is 11.2 Å². The quantitative estimate of drug-likeness (QED) is 0.573. The molecule has 26 heavy (non-hydrogen) atoms. The molecule has 0 aliphatic carbocycles. The van der Waals surface area contributed by atoms with Crippen molar-refractivity contribution < 1.29 is 4.79 Å². The normalized spacial score (nSPS) is 11.0. The molecule has 3 N–H and O–H groups in total. The van der Waals surface area contributed by atoms with Gasteiger partial charge in [-0.05, 0) is 43.0 Å². The highest BCUT2D eigenvalue weighted by Gasteiger charge is 2.14. The van der Waals surface area contributed by atoms with Crippen LogP contribution in [0.5, 0.6) is 0 Å². The van der Waals surface area contributed by atoms with E-state index in [9.17, 15) is 4.79 Å². The van der Waals surface area contributed by atoms with Crippen molar-refractivity contribution in [2.45, 2.75) is 33.1 Å². The average molecular weight is 351 g/mol. The second kappa shape index (κ2) is 8.47. The second-order valence-corrected chi connectivity index (χ2v) is 6.34. The predicted octanol–water partition coefficient (Wildman–Crippen LogP) is 3.99. The van der Waals surface area contributed by atoms with Crippen LogP contribution >= 0.6 is 0 Å². The van der Waals surface area contributed by atoms with E-state index in [2.05, 4.69) is 44.1 Å². The van der Waals surface area contributed by atoms with E-state index in [0.717, 1.165) is 31.3 Å². The van der Waals surface area contributed by atoms with Gasteiger partial charge in [-0.1, -0.05) is 32.0 Å². The Morgan fingerprint density at radius 1 is 1.08 bits per heavy atom. The molecule has 3 rings (SSSR count). The first kappa shape index (κ1) is 17.9. The third kappa shape index (κ3) is 4.20. The first-order valence-electron chi connectivity index (χ1n) is 9.14. The topological polar surface area (TPSA) is 82.7 Å². The summed E-state index contributed by atoms with van der Waals surface area (Å²) in [6.45, 7) is 4.79. The Morgan fingerprint density at radius 2 is 1.81 bits per heavy atom. The zero-order chi connectivity index (χ0) is 18.4. The number of amides is 1. The first-order valence-corrected chi connectivity index (χ1v) is 9.14. The number of hydrogen-bond acceptors (Lipinski definition) is 4. The van der Waals surface area contributed by atoms with Crippen LogP contribution in [-0.4, -0.2) is 27.6 Å². The SMILES string of the molecule is CCC(CC)C(=O)Nc1ccc(NCCc2c[nH]c3ccccc23)nn1. The van der Waals surface area contributed by atoms with Gasteiger partial charge in [0.15, 0.2) is 5.82 Å². The van der Waals surface area contributed by atoms with Crippen LogP contribution in [0.4, 0.5) is 11.6 Å². The summed E-state index contributed by atoms with van der Waals surface area (Å²) >= 11 is 0. The fourth-order valence-electron chi connectivity index (χ4n) is 3.04. The number of rotatable bonds is 8. The number of H-pyrrole nitrogens is 1. The van der Waals surface area contributed by atoms with Crippen LogP contribution in [0.25, 0.3) is 10.9 Å². The van der Waals surface area contributed by atoms with Gasteiger partial charge in [0.2, 0.25) is 5.91 Å². The van der Waals surface area contributed by atoms with Crippen LogP contribution in [0.2, 0.25) is 0 Å². The molecule has 0 aliphatic rings. The number of nitrogens with one attached hydrogen (secondary N) is 3. The zero-order valence-electron chi connectivity index (χ0n) is 15.2. The summed E-state index contributed by atoms with van der Waals surface area (Å²) in [6.07, 6.45) is 4.58. The summed E-state index contributed by atoms with van der Waals surface area (Å²) in [5.41, 5.74) is 2.43. The fourth-order valence-corrected chi connectivity index (χ4v) is 3.04. The van der Waals surface area contributed by atoms with Crippen molar-refractivity contribution in [1.82, 2.24) is 15.2 Å². The van der Waals surface area contributed by atoms with Crippen molar-refractivity contribution in [3.8, 4) is 0 Å². The van der Waals surface area contributed by atoms with Crippen molar-refractivity contribution in [2.75, 3.05) is 17.2 Å². The molecule has 1 amide bonds. The molecule has 0 spiro atoms. The number of aromatic amines is 1. The predicted molar refractivity (Wildman–Crippen MR) is 105 cm³/mol. The molecule has 0 fully saturated rings. The molecule has 0 saturated carbocycles. The Balaban J connectivity index is 1.52. The minimum absolute atomic E-state index is 0.00402. The van der Waals surface area contributed by atoms with Crippen LogP contribution < -0.4 is 10.6 Å². The molecular weight excluding hydrogens is 326 g/mol. The molecule has 2 heterocycles. The number of carbonyl (C=O) groups excluding carboxylic acids is 1. The molecule has 136 valence electrons. The van der Waals surface area contributed by atoms with Crippen LogP contribution in [0.15, 0.2) is 42.6 Å². The lowest BCUT2D eigenvalue weighted by Gasteiger charge is -2.12. The van der Waals surface area contributed by atoms with Crippen molar-refractivity contribution in [3.63, 3.8) is 0 Å². The van der Waals surface area contributed by atoms with Gasteiger partial charge in [0.25, 0.3) is 0 Å². The first-order chi connectivity index (χ1) is 12.7. The lowest BCUT2D eigenvalue weighted by atomic mass is 10.0. The van der Waals surface area contributed by atoms with E-state index >= 15 is 0 Å². The van der Waals surface area contributed by atoms with Crippen LogP contribution in [0.3, 0.4) is 0 Å². The van der Waals surface area contributed by atoms with E-state index in [0.29, 0.717) is 11.6 Å². The Labute approximate surface area is 153 Å². The lowest BCUT2D eigenvalue weighted by molar-refractivity contribution is -0.120. The lowest BCUT2D eigenvalue weighted by Crippen LogP contribution is -2.22. The summed E-state index contributed by atoms with van der Waals surface area (Å²) in [5, 5.41) is 15.6. The summed E-state index contributed by atoms with van der Waals surface area (Å²) in [4.78, 5) is 15.4. The van der Waals surface area contributed by atoms with Crippen LogP contribution in [0, 0.1) is 5.92 Å². The largest absolute Gasteiger partial charge is 0.368 e. The molecule has 3 aromatic rings. The van der Waals surface area contributed by atoms with Gasteiger partial charge in [-0.2, -0.15) is 0 Å². The molecule has 0 unspecified atom stereocenters. The zero-order valence-corrected chi connectivity index (χ0v) is 15.2. The Hall–Kier alpha value is -2.89. The van der Waals surface area contributed by atoms with Gasteiger partial charge < -0.3 is 15.6 Å². The molecule has 1 aromatic carbocycles. The number of aromatic nitrogens is 3. The number of nitrogens with zero attached hydrogens (tertiary/aromatic N) is 2. The number of fused-ring (bicyclic) bond motifs is 1. The number of anilines is 2.